The summed E-state index contributed by atoms with van der Waals surface area (Å²) in [4.78, 5) is 12.0. The van der Waals surface area contributed by atoms with Crippen LogP contribution >= 0.6 is 11.6 Å². The van der Waals surface area contributed by atoms with E-state index in [0.29, 0.717) is 23.5 Å². The molecule has 1 atom stereocenters. The lowest BCUT2D eigenvalue weighted by atomic mass is 9.91. The fraction of sp³-hybridized carbons (Fsp3) is 0.692. The normalized spacial score (nSPS) is 22.2. The number of primary amides is 1. The van der Waals surface area contributed by atoms with Crippen LogP contribution in [0.15, 0.2) is 6.20 Å². The molecular formula is C13H19ClN4O. The molecule has 1 unspecified atom stereocenters. The van der Waals surface area contributed by atoms with Gasteiger partial charge in [0.15, 0.2) is 0 Å². The Labute approximate surface area is 117 Å². The van der Waals surface area contributed by atoms with Gasteiger partial charge in [-0.1, -0.05) is 11.6 Å². The van der Waals surface area contributed by atoms with E-state index >= 15 is 0 Å². The lowest BCUT2D eigenvalue weighted by Gasteiger charge is -2.32. The lowest BCUT2D eigenvalue weighted by molar-refractivity contribution is -0.126. The average Bonchev–Trinajstić information content (AvgIpc) is 3.21. The van der Waals surface area contributed by atoms with Gasteiger partial charge in [-0.2, -0.15) is 5.10 Å². The molecule has 1 amide bonds. The van der Waals surface area contributed by atoms with E-state index in [0.717, 1.165) is 31.4 Å². The Morgan fingerprint density at radius 2 is 2.26 bits per heavy atom. The fourth-order valence-electron chi connectivity index (χ4n) is 2.64. The molecule has 2 saturated carbocycles. The minimum absolute atomic E-state index is 0.272. The Kier molecular flexibility index (Phi) is 3.06. The van der Waals surface area contributed by atoms with Crippen molar-refractivity contribution in [3.05, 3.63) is 16.9 Å². The first kappa shape index (κ1) is 12.9. The van der Waals surface area contributed by atoms with Crippen LogP contribution in [0.5, 0.6) is 0 Å². The topological polar surface area (TPSA) is 72.9 Å². The summed E-state index contributed by atoms with van der Waals surface area (Å²) >= 11 is 6.03. The molecular weight excluding hydrogens is 264 g/mol. The molecule has 19 heavy (non-hydrogen) atoms. The van der Waals surface area contributed by atoms with E-state index in [1.165, 1.54) is 0 Å². The number of halogens is 1. The highest BCUT2D eigenvalue weighted by Gasteiger charge is 2.52. The Balaban J connectivity index is 1.86. The summed E-state index contributed by atoms with van der Waals surface area (Å²) in [5.41, 5.74) is 5.82. The Bertz CT molecular complexity index is 487. The third-order valence-corrected chi connectivity index (χ3v) is 4.42. The molecule has 1 heterocycles. The quantitative estimate of drug-likeness (QED) is 0.824. The van der Waals surface area contributed by atoms with Gasteiger partial charge in [0.05, 0.1) is 17.3 Å². The van der Waals surface area contributed by atoms with Crippen LogP contribution in [-0.4, -0.2) is 27.3 Å². The molecule has 5 nitrogen and oxygen atoms in total. The number of nitrogens with zero attached hydrogens (tertiary/aromatic N) is 2. The number of carbonyl (C=O) groups excluding carboxylic acids is 1. The number of hydrogen-bond donors (Lipinski definition) is 2. The van der Waals surface area contributed by atoms with Gasteiger partial charge in [-0.15, -0.1) is 0 Å². The molecule has 1 aromatic rings. The molecule has 3 N–H and O–H groups in total. The van der Waals surface area contributed by atoms with Crippen LogP contribution in [0.25, 0.3) is 0 Å². The zero-order chi connectivity index (χ0) is 13.6. The molecule has 0 radical (unpaired) electrons. The minimum atomic E-state index is -0.664. The summed E-state index contributed by atoms with van der Waals surface area (Å²) in [6, 6.07) is 0.431. The van der Waals surface area contributed by atoms with Crippen molar-refractivity contribution in [1.29, 1.82) is 0 Å². The molecule has 0 aromatic carbocycles. The van der Waals surface area contributed by atoms with E-state index in [2.05, 4.69) is 10.4 Å². The monoisotopic (exact) mass is 282 g/mol. The zero-order valence-corrected chi connectivity index (χ0v) is 11.8. The number of rotatable bonds is 6. The van der Waals surface area contributed by atoms with Gasteiger partial charge in [0.2, 0.25) is 5.91 Å². The van der Waals surface area contributed by atoms with Gasteiger partial charge in [-0.3, -0.25) is 14.8 Å². The molecule has 0 spiro atoms. The van der Waals surface area contributed by atoms with E-state index in [9.17, 15) is 4.79 Å². The largest absolute Gasteiger partial charge is 0.368 e. The van der Waals surface area contributed by atoms with E-state index in [1.807, 2.05) is 6.92 Å². The van der Waals surface area contributed by atoms with Crippen LogP contribution in [0.3, 0.4) is 0 Å². The molecule has 2 aliphatic carbocycles. The molecule has 0 saturated heterocycles. The van der Waals surface area contributed by atoms with Gasteiger partial charge in [0.1, 0.15) is 5.54 Å². The molecule has 104 valence electrons. The second-order valence-corrected chi connectivity index (χ2v) is 6.20. The molecule has 6 heteroatoms. The number of nitrogens with two attached hydrogens (primary N) is 1. The summed E-state index contributed by atoms with van der Waals surface area (Å²) in [7, 11) is 0. The Morgan fingerprint density at radius 1 is 1.58 bits per heavy atom. The van der Waals surface area contributed by atoms with Gasteiger partial charge < -0.3 is 5.73 Å². The number of aromatic nitrogens is 2. The zero-order valence-electron chi connectivity index (χ0n) is 11.0. The number of carbonyl (C=O) groups is 1. The highest BCUT2D eigenvalue weighted by atomic mass is 35.5. The third kappa shape index (κ3) is 2.49. The van der Waals surface area contributed by atoms with Crippen LogP contribution in [0.2, 0.25) is 5.02 Å². The van der Waals surface area contributed by atoms with Gasteiger partial charge in [-0.05, 0) is 38.5 Å². The predicted molar refractivity (Wildman–Crippen MR) is 72.8 cm³/mol. The molecule has 0 bridgehead atoms. The molecule has 2 aliphatic rings. The standard InChI is InChI=1S/C13H19ClN4O/c1-8-11(14)6-18(17-8)7-13(12(15)19,9-2-3-9)16-10-4-5-10/h6,9-10,16H,2-5,7H2,1H3,(H2,15,19). The SMILES string of the molecule is Cc1nn(CC(NC2CC2)(C(N)=O)C2CC2)cc1Cl. The number of hydrogen-bond acceptors (Lipinski definition) is 3. The number of nitrogens with one attached hydrogen (secondary N) is 1. The van der Waals surface area contributed by atoms with E-state index in [-0.39, 0.29) is 5.91 Å². The molecule has 1 aromatic heterocycles. The molecule has 0 aliphatic heterocycles. The number of amides is 1. The number of aryl methyl sites for hydroxylation is 1. The van der Waals surface area contributed by atoms with Crippen LogP contribution in [0, 0.1) is 12.8 Å². The van der Waals surface area contributed by atoms with Crippen molar-refractivity contribution in [2.45, 2.75) is 50.7 Å². The summed E-state index contributed by atoms with van der Waals surface area (Å²) < 4.78 is 1.75. The summed E-state index contributed by atoms with van der Waals surface area (Å²) in [6.07, 6.45) is 6.13. The highest BCUT2D eigenvalue weighted by molar-refractivity contribution is 6.31. The first-order valence-electron chi connectivity index (χ1n) is 6.78. The second kappa shape index (κ2) is 4.49. The maximum Gasteiger partial charge on any atom is 0.239 e. The fourth-order valence-corrected chi connectivity index (χ4v) is 2.79. The maximum absolute atomic E-state index is 12.0. The van der Waals surface area contributed by atoms with Crippen LogP contribution in [0.1, 0.15) is 31.4 Å². The van der Waals surface area contributed by atoms with Crippen molar-refractivity contribution >= 4 is 17.5 Å². The molecule has 3 rings (SSSR count). The average molecular weight is 283 g/mol. The third-order valence-electron chi connectivity index (χ3n) is 4.05. The van der Waals surface area contributed by atoms with E-state index in [4.69, 9.17) is 17.3 Å². The van der Waals surface area contributed by atoms with Crippen molar-refractivity contribution in [2.75, 3.05) is 0 Å². The maximum atomic E-state index is 12.0. The Hall–Kier alpha value is -1.07. The first-order chi connectivity index (χ1) is 9.01. The minimum Gasteiger partial charge on any atom is -0.368 e. The highest BCUT2D eigenvalue weighted by Crippen LogP contribution is 2.42. The van der Waals surface area contributed by atoms with E-state index < -0.39 is 5.54 Å². The van der Waals surface area contributed by atoms with Gasteiger partial charge >= 0.3 is 0 Å². The lowest BCUT2D eigenvalue weighted by Crippen LogP contribution is -2.60. The van der Waals surface area contributed by atoms with Crippen molar-refractivity contribution in [2.24, 2.45) is 11.7 Å². The Morgan fingerprint density at radius 3 is 2.68 bits per heavy atom. The van der Waals surface area contributed by atoms with Crippen molar-refractivity contribution in [1.82, 2.24) is 15.1 Å². The first-order valence-corrected chi connectivity index (χ1v) is 7.16. The summed E-state index contributed by atoms with van der Waals surface area (Å²) in [5, 5.41) is 8.44. The van der Waals surface area contributed by atoms with Crippen LogP contribution in [0.4, 0.5) is 0 Å². The predicted octanol–water partition coefficient (Wildman–Crippen LogP) is 1.23. The van der Waals surface area contributed by atoms with Crippen LogP contribution < -0.4 is 11.1 Å². The van der Waals surface area contributed by atoms with Gasteiger partial charge in [0, 0.05) is 12.2 Å². The smallest absolute Gasteiger partial charge is 0.239 e. The van der Waals surface area contributed by atoms with Gasteiger partial charge in [-0.25, -0.2) is 0 Å². The van der Waals surface area contributed by atoms with Crippen LogP contribution in [-0.2, 0) is 11.3 Å². The summed E-state index contributed by atoms with van der Waals surface area (Å²) in [6.45, 7) is 2.33. The van der Waals surface area contributed by atoms with Crippen molar-refractivity contribution in [3.8, 4) is 0 Å². The second-order valence-electron chi connectivity index (χ2n) is 5.79. The van der Waals surface area contributed by atoms with Gasteiger partial charge in [0.25, 0.3) is 0 Å². The van der Waals surface area contributed by atoms with Crippen molar-refractivity contribution in [3.63, 3.8) is 0 Å². The molecule has 2 fully saturated rings. The summed E-state index contributed by atoms with van der Waals surface area (Å²) in [5.74, 6) is 0.0556. The van der Waals surface area contributed by atoms with Crippen molar-refractivity contribution < 1.29 is 4.79 Å². The van der Waals surface area contributed by atoms with E-state index in [1.54, 1.807) is 10.9 Å².